The summed E-state index contributed by atoms with van der Waals surface area (Å²) in [7, 11) is 0. The van der Waals surface area contributed by atoms with Crippen molar-refractivity contribution in [1.82, 2.24) is 4.90 Å². The van der Waals surface area contributed by atoms with E-state index in [0.29, 0.717) is 32.5 Å². The van der Waals surface area contributed by atoms with Crippen LogP contribution in [0.3, 0.4) is 0 Å². The summed E-state index contributed by atoms with van der Waals surface area (Å²) < 4.78 is 10.1. The molecule has 19 heavy (non-hydrogen) atoms. The van der Waals surface area contributed by atoms with Gasteiger partial charge in [-0.15, -0.1) is 0 Å². The Morgan fingerprint density at radius 3 is 2.58 bits per heavy atom. The van der Waals surface area contributed by atoms with Gasteiger partial charge in [0, 0.05) is 37.9 Å². The fourth-order valence-corrected chi connectivity index (χ4v) is 3.31. The van der Waals surface area contributed by atoms with Gasteiger partial charge in [0.25, 0.3) is 0 Å². The molecule has 2 aliphatic heterocycles. The molecular formula is C13H20N2O4. The van der Waals surface area contributed by atoms with E-state index in [1.165, 1.54) is 0 Å². The van der Waals surface area contributed by atoms with E-state index in [0.717, 1.165) is 19.3 Å². The summed E-state index contributed by atoms with van der Waals surface area (Å²) >= 11 is 0. The molecule has 6 nitrogen and oxygen atoms in total. The molecular weight excluding hydrogens is 248 g/mol. The monoisotopic (exact) mass is 268 g/mol. The van der Waals surface area contributed by atoms with Crippen LogP contribution < -0.4 is 5.73 Å². The van der Waals surface area contributed by atoms with Gasteiger partial charge in [-0.05, 0) is 19.3 Å². The molecule has 2 atom stereocenters. The third-order valence-electron chi connectivity index (χ3n) is 4.56. The molecule has 106 valence electrons. The van der Waals surface area contributed by atoms with Crippen molar-refractivity contribution in [2.45, 2.75) is 43.7 Å². The average Bonchev–Trinajstić information content (AvgIpc) is 2.97. The molecule has 0 radical (unpaired) electrons. The van der Waals surface area contributed by atoms with Crippen LogP contribution in [0.4, 0.5) is 4.79 Å². The van der Waals surface area contributed by atoms with Crippen molar-refractivity contribution >= 4 is 12.1 Å². The minimum absolute atomic E-state index is 0.0893. The predicted molar refractivity (Wildman–Crippen MR) is 66.3 cm³/mol. The maximum absolute atomic E-state index is 12.3. The highest BCUT2D eigenvalue weighted by Crippen LogP contribution is 2.33. The van der Waals surface area contributed by atoms with Crippen molar-refractivity contribution in [3.05, 3.63) is 0 Å². The Labute approximate surface area is 112 Å². The maximum Gasteiger partial charge on any atom is 0.509 e. The van der Waals surface area contributed by atoms with Crippen molar-refractivity contribution in [3.63, 3.8) is 0 Å². The predicted octanol–water partition coefficient (Wildman–Crippen LogP) is 0.642. The smallest absolute Gasteiger partial charge is 0.430 e. The van der Waals surface area contributed by atoms with Gasteiger partial charge in [0.2, 0.25) is 5.91 Å². The number of carbonyl (C=O) groups is 2. The minimum Gasteiger partial charge on any atom is -0.430 e. The van der Waals surface area contributed by atoms with E-state index in [1.54, 1.807) is 0 Å². The number of cyclic esters (lactones) is 1. The second-order valence-corrected chi connectivity index (χ2v) is 5.92. The lowest BCUT2D eigenvalue weighted by Gasteiger charge is -2.37. The summed E-state index contributed by atoms with van der Waals surface area (Å²) in [6.45, 7) is 1.60. The molecule has 2 saturated heterocycles. The number of nitrogens with two attached hydrogens (primary N) is 1. The van der Waals surface area contributed by atoms with Crippen LogP contribution in [0, 0.1) is 5.92 Å². The molecule has 2 N–H and O–H groups in total. The summed E-state index contributed by atoms with van der Waals surface area (Å²) in [5.41, 5.74) is 5.37. The fourth-order valence-electron chi connectivity index (χ4n) is 3.31. The molecule has 1 spiro atoms. The van der Waals surface area contributed by atoms with Gasteiger partial charge in [0.05, 0.1) is 0 Å². The number of nitrogens with zero attached hydrogens (tertiary/aromatic N) is 1. The number of hydrogen-bond donors (Lipinski definition) is 1. The summed E-state index contributed by atoms with van der Waals surface area (Å²) in [6, 6.07) is 0.175. The quantitative estimate of drug-likeness (QED) is 0.706. The molecule has 2 heterocycles. The molecule has 0 unspecified atom stereocenters. The Bertz CT molecular complexity index is 390. The van der Waals surface area contributed by atoms with Crippen molar-refractivity contribution in [2.24, 2.45) is 11.7 Å². The molecule has 6 heteroatoms. The van der Waals surface area contributed by atoms with Gasteiger partial charge in [-0.2, -0.15) is 0 Å². The molecule has 0 aromatic heterocycles. The second kappa shape index (κ2) is 4.67. The number of ether oxygens (including phenoxy) is 2. The summed E-state index contributed by atoms with van der Waals surface area (Å²) in [6.07, 6.45) is 3.41. The molecule has 0 aromatic carbocycles. The first kappa shape index (κ1) is 12.7. The Morgan fingerprint density at radius 2 is 2.05 bits per heavy atom. The molecule has 3 rings (SSSR count). The highest BCUT2D eigenvalue weighted by atomic mass is 16.8. The summed E-state index contributed by atoms with van der Waals surface area (Å²) in [5.74, 6) is 0.305. The number of rotatable bonds is 1. The van der Waals surface area contributed by atoms with Crippen molar-refractivity contribution < 1.29 is 19.1 Å². The number of hydrogen-bond acceptors (Lipinski definition) is 5. The molecule has 0 aromatic rings. The molecule has 1 amide bonds. The summed E-state index contributed by atoms with van der Waals surface area (Å²) in [4.78, 5) is 25.3. The van der Waals surface area contributed by atoms with Crippen LogP contribution in [0.15, 0.2) is 0 Å². The highest BCUT2D eigenvalue weighted by Gasteiger charge is 2.46. The van der Waals surface area contributed by atoms with Gasteiger partial charge >= 0.3 is 6.16 Å². The Morgan fingerprint density at radius 1 is 1.32 bits per heavy atom. The van der Waals surface area contributed by atoms with Crippen molar-refractivity contribution in [3.8, 4) is 0 Å². The Balaban J connectivity index is 1.55. The van der Waals surface area contributed by atoms with Gasteiger partial charge in [-0.1, -0.05) is 0 Å². The van der Waals surface area contributed by atoms with E-state index < -0.39 is 11.8 Å². The van der Waals surface area contributed by atoms with Crippen LogP contribution in [0.1, 0.15) is 32.1 Å². The van der Waals surface area contributed by atoms with E-state index >= 15 is 0 Å². The van der Waals surface area contributed by atoms with Crippen LogP contribution in [0.5, 0.6) is 0 Å². The molecule has 3 aliphatic rings. The zero-order valence-electron chi connectivity index (χ0n) is 11.0. The van der Waals surface area contributed by atoms with E-state index in [-0.39, 0.29) is 17.9 Å². The van der Waals surface area contributed by atoms with Crippen LogP contribution in [-0.2, 0) is 14.3 Å². The fraction of sp³-hybridized carbons (Fsp3) is 0.846. The van der Waals surface area contributed by atoms with Crippen LogP contribution in [0.25, 0.3) is 0 Å². The minimum atomic E-state index is -0.582. The third kappa shape index (κ3) is 2.41. The van der Waals surface area contributed by atoms with Gasteiger partial charge in [-0.3, -0.25) is 4.79 Å². The molecule has 3 fully saturated rings. The van der Waals surface area contributed by atoms with E-state index in [2.05, 4.69) is 0 Å². The average molecular weight is 268 g/mol. The zero-order chi connectivity index (χ0) is 13.5. The van der Waals surface area contributed by atoms with Crippen molar-refractivity contribution in [1.29, 1.82) is 0 Å². The molecule has 1 aliphatic carbocycles. The van der Waals surface area contributed by atoms with Crippen LogP contribution in [-0.4, -0.2) is 48.3 Å². The normalized spacial score (nSPS) is 33.3. The highest BCUT2D eigenvalue weighted by molar-refractivity contribution is 5.79. The Kier molecular flexibility index (Phi) is 3.12. The zero-order valence-corrected chi connectivity index (χ0v) is 11.0. The first-order valence-corrected chi connectivity index (χ1v) is 6.98. The van der Waals surface area contributed by atoms with Crippen LogP contribution >= 0.6 is 0 Å². The third-order valence-corrected chi connectivity index (χ3v) is 4.56. The van der Waals surface area contributed by atoms with Gasteiger partial charge in [0.1, 0.15) is 6.61 Å². The van der Waals surface area contributed by atoms with Gasteiger partial charge in [0.15, 0.2) is 5.60 Å². The maximum atomic E-state index is 12.3. The lowest BCUT2D eigenvalue weighted by atomic mass is 9.91. The number of likely N-dealkylation sites (tertiary alicyclic amines) is 1. The molecule has 1 saturated carbocycles. The van der Waals surface area contributed by atoms with Crippen LogP contribution in [0.2, 0.25) is 0 Å². The SMILES string of the molecule is N[C@@H]1CC[C@H](C(=O)N2CCC3(CC2)COC(=O)O3)C1. The molecule has 0 bridgehead atoms. The lowest BCUT2D eigenvalue weighted by Crippen LogP contribution is -2.49. The van der Waals surface area contributed by atoms with Gasteiger partial charge < -0.3 is 20.1 Å². The van der Waals surface area contributed by atoms with E-state index in [9.17, 15) is 9.59 Å². The standard InChI is InChI=1S/C13H20N2O4/c14-10-2-1-9(7-10)11(16)15-5-3-13(4-6-15)8-18-12(17)19-13/h9-10H,1-8,14H2/t9-,10+/m0/s1. The first-order chi connectivity index (χ1) is 9.08. The Hall–Kier alpha value is -1.30. The van der Waals surface area contributed by atoms with Crippen molar-refractivity contribution in [2.75, 3.05) is 19.7 Å². The van der Waals surface area contributed by atoms with E-state index in [1.807, 2.05) is 4.90 Å². The number of piperidine rings is 1. The largest absolute Gasteiger partial charge is 0.509 e. The number of carbonyl (C=O) groups excluding carboxylic acids is 2. The second-order valence-electron chi connectivity index (χ2n) is 5.92. The topological polar surface area (TPSA) is 81.9 Å². The van der Waals surface area contributed by atoms with E-state index in [4.69, 9.17) is 15.2 Å². The lowest BCUT2D eigenvalue weighted by molar-refractivity contribution is -0.138. The van der Waals surface area contributed by atoms with Gasteiger partial charge in [-0.25, -0.2) is 4.79 Å². The number of amides is 1. The first-order valence-electron chi connectivity index (χ1n) is 6.98. The summed E-state index contributed by atoms with van der Waals surface area (Å²) in [5, 5.41) is 0.